The number of anilines is 1. The summed E-state index contributed by atoms with van der Waals surface area (Å²) in [5.74, 6) is -2.10. The summed E-state index contributed by atoms with van der Waals surface area (Å²) in [6.07, 6.45) is 1.62. The van der Waals surface area contributed by atoms with Crippen LogP contribution >= 0.6 is 0 Å². The fourth-order valence-electron chi connectivity index (χ4n) is 2.42. The van der Waals surface area contributed by atoms with Crippen LogP contribution in [0.2, 0.25) is 0 Å². The van der Waals surface area contributed by atoms with Gasteiger partial charge in [0.1, 0.15) is 0 Å². The molecule has 25 heavy (non-hydrogen) atoms. The third-order valence-corrected chi connectivity index (χ3v) is 3.58. The number of carboxylic acid groups (broad SMARTS) is 1. The zero-order chi connectivity index (χ0) is 18.0. The molecule has 1 aromatic heterocycles. The van der Waals surface area contributed by atoms with Gasteiger partial charge in [0.25, 0.3) is 11.6 Å². The number of nitrogens with zero attached hydrogens (tertiary/aromatic N) is 2. The Morgan fingerprint density at radius 3 is 2.60 bits per heavy atom. The van der Waals surface area contributed by atoms with E-state index in [-0.39, 0.29) is 5.56 Å². The molecule has 0 atom stereocenters. The number of hydrogen-bond acceptors (Lipinski definition) is 5. The van der Waals surface area contributed by atoms with E-state index in [1.54, 1.807) is 36.5 Å². The predicted molar refractivity (Wildman–Crippen MR) is 89.8 cm³/mol. The summed E-state index contributed by atoms with van der Waals surface area (Å²) in [5, 5.41) is 23.4. The van der Waals surface area contributed by atoms with Gasteiger partial charge in [0.2, 0.25) is 0 Å². The molecule has 3 aromatic rings. The van der Waals surface area contributed by atoms with Crippen LogP contribution in [-0.2, 0) is 0 Å². The van der Waals surface area contributed by atoms with Crippen LogP contribution in [0.1, 0.15) is 20.7 Å². The van der Waals surface area contributed by atoms with E-state index in [1.165, 1.54) is 0 Å². The first-order valence-electron chi connectivity index (χ1n) is 7.14. The van der Waals surface area contributed by atoms with Gasteiger partial charge in [-0.3, -0.25) is 19.9 Å². The average Bonchev–Trinajstić information content (AvgIpc) is 2.61. The molecule has 8 heteroatoms. The molecular weight excluding hydrogens is 326 g/mol. The summed E-state index contributed by atoms with van der Waals surface area (Å²) in [7, 11) is 0. The fourth-order valence-corrected chi connectivity index (χ4v) is 2.42. The molecule has 2 aromatic carbocycles. The second-order valence-electron chi connectivity index (χ2n) is 5.12. The van der Waals surface area contributed by atoms with Gasteiger partial charge in [-0.25, -0.2) is 4.79 Å². The zero-order valence-electron chi connectivity index (χ0n) is 12.7. The maximum absolute atomic E-state index is 12.5. The van der Waals surface area contributed by atoms with E-state index in [2.05, 4.69) is 10.3 Å². The van der Waals surface area contributed by atoms with E-state index < -0.39 is 28.1 Å². The van der Waals surface area contributed by atoms with Crippen LogP contribution in [0, 0.1) is 10.1 Å². The molecule has 1 amide bonds. The number of hydrogen-bond donors (Lipinski definition) is 2. The molecular formula is C17H11N3O5. The molecule has 0 unspecified atom stereocenters. The molecule has 0 spiro atoms. The van der Waals surface area contributed by atoms with Crippen LogP contribution in [0.3, 0.4) is 0 Å². The number of nitro benzene ring substituents is 1. The topological polar surface area (TPSA) is 122 Å². The molecule has 124 valence electrons. The van der Waals surface area contributed by atoms with Crippen molar-refractivity contribution in [3.63, 3.8) is 0 Å². The molecule has 3 rings (SSSR count). The first-order valence-corrected chi connectivity index (χ1v) is 7.14. The minimum atomic E-state index is -1.42. The van der Waals surface area contributed by atoms with Crippen LogP contribution in [0.4, 0.5) is 11.4 Å². The van der Waals surface area contributed by atoms with Gasteiger partial charge in [-0.2, -0.15) is 0 Å². The number of amides is 1. The Bertz CT molecular complexity index is 1010. The molecule has 2 N–H and O–H groups in total. The lowest BCUT2D eigenvalue weighted by Crippen LogP contribution is -2.17. The quantitative estimate of drug-likeness (QED) is 0.557. The highest BCUT2D eigenvalue weighted by atomic mass is 16.6. The summed E-state index contributed by atoms with van der Waals surface area (Å²) >= 11 is 0. The van der Waals surface area contributed by atoms with Crippen molar-refractivity contribution in [2.75, 3.05) is 5.32 Å². The number of aromatic carboxylic acids is 1. The summed E-state index contributed by atoms with van der Waals surface area (Å²) in [4.78, 5) is 38.1. The first kappa shape index (κ1) is 16.1. The number of benzene rings is 2. The Kier molecular flexibility index (Phi) is 4.09. The van der Waals surface area contributed by atoms with E-state index in [1.807, 2.05) is 0 Å². The maximum atomic E-state index is 12.5. The molecule has 8 nitrogen and oxygen atoms in total. The molecule has 0 saturated carbocycles. The number of pyridine rings is 1. The van der Waals surface area contributed by atoms with Gasteiger partial charge in [-0.15, -0.1) is 0 Å². The van der Waals surface area contributed by atoms with Gasteiger partial charge < -0.3 is 10.4 Å². The molecule has 1 heterocycles. The molecule has 0 bridgehead atoms. The van der Waals surface area contributed by atoms with E-state index in [9.17, 15) is 24.8 Å². The van der Waals surface area contributed by atoms with E-state index in [0.29, 0.717) is 16.6 Å². The van der Waals surface area contributed by atoms with Crippen LogP contribution in [-0.4, -0.2) is 26.9 Å². The van der Waals surface area contributed by atoms with Crippen molar-refractivity contribution in [2.24, 2.45) is 0 Å². The Hall–Kier alpha value is -3.81. The van der Waals surface area contributed by atoms with E-state index >= 15 is 0 Å². The van der Waals surface area contributed by atoms with Crippen molar-refractivity contribution in [3.05, 3.63) is 76.0 Å². The van der Waals surface area contributed by atoms with Gasteiger partial charge in [0.05, 0.1) is 27.3 Å². The highest BCUT2D eigenvalue weighted by Crippen LogP contribution is 2.24. The largest absolute Gasteiger partial charge is 0.478 e. The standard InChI is InChI=1S/C17H11N3O5/c21-16(11-7-6-10(20(24)25)9-13(11)17(22)23)19-15-5-1-4-14-12(15)3-2-8-18-14/h1-9H,(H,19,21)(H,22,23). The summed E-state index contributed by atoms with van der Waals surface area (Å²) in [5.41, 5.74) is 0.125. The zero-order valence-corrected chi connectivity index (χ0v) is 12.7. The summed E-state index contributed by atoms with van der Waals surface area (Å²) in [6, 6.07) is 11.7. The second kappa shape index (κ2) is 6.36. The number of rotatable bonds is 4. The van der Waals surface area contributed by atoms with Gasteiger partial charge in [-0.05, 0) is 30.3 Å². The van der Waals surface area contributed by atoms with Crippen molar-refractivity contribution < 1.29 is 19.6 Å². The molecule has 0 aliphatic carbocycles. The van der Waals surface area contributed by atoms with Crippen molar-refractivity contribution in [2.45, 2.75) is 0 Å². The number of non-ortho nitro benzene ring substituents is 1. The lowest BCUT2D eigenvalue weighted by atomic mass is 10.1. The number of carbonyl (C=O) groups is 2. The monoisotopic (exact) mass is 337 g/mol. The minimum Gasteiger partial charge on any atom is -0.478 e. The smallest absolute Gasteiger partial charge is 0.336 e. The normalized spacial score (nSPS) is 10.4. The highest BCUT2D eigenvalue weighted by Gasteiger charge is 2.21. The molecule has 0 aliphatic rings. The maximum Gasteiger partial charge on any atom is 0.336 e. The summed E-state index contributed by atoms with van der Waals surface area (Å²) in [6.45, 7) is 0. The number of carboxylic acids is 1. The van der Waals surface area contributed by atoms with Crippen molar-refractivity contribution in [1.82, 2.24) is 4.98 Å². The van der Waals surface area contributed by atoms with Crippen molar-refractivity contribution in [3.8, 4) is 0 Å². The number of aromatic nitrogens is 1. The number of nitro groups is 1. The van der Waals surface area contributed by atoms with E-state index in [0.717, 1.165) is 18.2 Å². The molecule has 0 aliphatic heterocycles. The number of fused-ring (bicyclic) bond motifs is 1. The van der Waals surface area contributed by atoms with Crippen molar-refractivity contribution >= 4 is 34.2 Å². The van der Waals surface area contributed by atoms with Gasteiger partial charge in [-0.1, -0.05) is 6.07 Å². The Morgan fingerprint density at radius 2 is 1.88 bits per heavy atom. The van der Waals surface area contributed by atoms with Crippen LogP contribution in [0.25, 0.3) is 10.9 Å². The second-order valence-corrected chi connectivity index (χ2v) is 5.12. The Balaban J connectivity index is 2.01. The average molecular weight is 337 g/mol. The van der Waals surface area contributed by atoms with Crippen LogP contribution < -0.4 is 5.32 Å². The van der Waals surface area contributed by atoms with E-state index in [4.69, 9.17) is 0 Å². The van der Waals surface area contributed by atoms with Gasteiger partial charge >= 0.3 is 5.97 Å². The third-order valence-electron chi connectivity index (χ3n) is 3.58. The van der Waals surface area contributed by atoms with Crippen molar-refractivity contribution in [1.29, 1.82) is 0 Å². The third kappa shape index (κ3) is 3.13. The minimum absolute atomic E-state index is 0.168. The lowest BCUT2D eigenvalue weighted by Gasteiger charge is -2.10. The van der Waals surface area contributed by atoms with Crippen LogP contribution in [0.5, 0.6) is 0 Å². The fraction of sp³-hybridized carbons (Fsp3) is 0. The SMILES string of the molecule is O=C(O)c1cc([N+](=O)[O-])ccc1C(=O)Nc1cccc2ncccc12. The van der Waals surface area contributed by atoms with Crippen LogP contribution in [0.15, 0.2) is 54.7 Å². The predicted octanol–water partition coefficient (Wildman–Crippen LogP) is 3.09. The van der Waals surface area contributed by atoms with Gasteiger partial charge in [0.15, 0.2) is 0 Å². The first-order chi connectivity index (χ1) is 12.0. The summed E-state index contributed by atoms with van der Waals surface area (Å²) < 4.78 is 0. The molecule has 0 fully saturated rings. The molecule has 0 saturated heterocycles. The Morgan fingerprint density at radius 1 is 1.08 bits per heavy atom. The highest BCUT2D eigenvalue weighted by molar-refractivity contribution is 6.13. The number of carbonyl (C=O) groups excluding carboxylic acids is 1. The Labute approximate surface area is 140 Å². The number of nitrogens with one attached hydrogen (secondary N) is 1. The molecule has 0 radical (unpaired) electrons. The lowest BCUT2D eigenvalue weighted by molar-refractivity contribution is -0.384. The van der Waals surface area contributed by atoms with Gasteiger partial charge in [0, 0.05) is 23.7 Å².